The van der Waals surface area contributed by atoms with E-state index < -0.39 is 18.1 Å². The van der Waals surface area contributed by atoms with Gasteiger partial charge in [-0.15, -0.1) is 11.3 Å². The smallest absolute Gasteiger partial charge is 0.306 e. The van der Waals surface area contributed by atoms with Crippen LogP contribution in [-0.4, -0.2) is 41.8 Å². The van der Waals surface area contributed by atoms with Crippen molar-refractivity contribution in [3.05, 3.63) is 22.4 Å². The fourth-order valence-corrected chi connectivity index (χ4v) is 3.68. The zero-order valence-electron chi connectivity index (χ0n) is 14.3. The molecule has 1 fully saturated rings. The summed E-state index contributed by atoms with van der Waals surface area (Å²) in [6.45, 7) is -0.397. The first-order valence-corrected chi connectivity index (χ1v) is 9.27. The van der Waals surface area contributed by atoms with Crippen LogP contribution in [0, 0.1) is 11.3 Å². The number of amides is 1. The van der Waals surface area contributed by atoms with Crippen LogP contribution >= 0.6 is 11.3 Å². The van der Waals surface area contributed by atoms with Crippen molar-refractivity contribution in [3.8, 4) is 6.07 Å². The zero-order valence-corrected chi connectivity index (χ0v) is 15.1. The Labute approximate surface area is 151 Å². The molecule has 0 bridgehead atoms. The SMILES string of the molecule is CN(C(=O)COC(=O)CCC(=O)c1cccs1)C1(C#N)CCCCC1. The van der Waals surface area contributed by atoms with Crippen molar-refractivity contribution >= 4 is 29.0 Å². The molecule has 0 aromatic carbocycles. The second kappa shape index (κ2) is 8.77. The van der Waals surface area contributed by atoms with Crippen molar-refractivity contribution in [2.75, 3.05) is 13.7 Å². The number of esters is 1. The molecule has 25 heavy (non-hydrogen) atoms. The van der Waals surface area contributed by atoms with E-state index in [1.54, 1.807) is 24.6 Å². The first-order chi connectivity index (χ1) is 12.0. The van der Waals surface area contributed by atoms with E-state index >= 15 is 0 Å². The van der Waals surface area contributed by atoms with Gasteiger partial charge in [0.15, 0.2) is 12.4 Å². The molecule has 1 aliphatic carbocycles. The molecule has 134 valence electrons. The number of nitriles is 1. The lowest BCUT2D eigenvalue weighted by atomic mass is 9.81. The number of carbonyl (C=O) groups excluding carboxylic acids is 3. The maximum absolute atomic E-state index is 12.3. The number of ether oxygens (including phenoxy) is 1. The number of thiophene rings is 1. The molecule has 0 atom stereocenters. The van der Waals surface area contributed by atoms with E-state index in [9.17, 15) is 19.6 Å². The fraction of sp³-hybridized carbons (Fsp3) is 0.556. The standard InChI is InChI=1S/C18H22N2O4S/c1-20(18(13-19)9-3-2-4-10-18)16(22)12-24-17(23)8-7-14(21)15-6-5-11-25-15/h5-6,11H,2-4,7-10,12H2,1H3. The highest BCUT2D eigenvalue weighted by Crippen LogP contribution is 2.32. The third kappa shape index (κ3) is 4.89. The van der Waals surface area contributed by atoms with Crippen LogP contribution < -0.4 is 0 Å². The van der Waals surface area contributed by atoms with Crippen LogP contribution in [-0.2, 0) is 14.3 Å². The van der Waals surface area contributed by atoms with Gasteiger partial charge in [0.1, 0.15) is 5.54 Å². The van der Waals surface area contributed by atoms with Crippen molar-refractivity contribution in [2.24, 2.45) is 0 Å². The van der Waals surface area contributed by atoms with Crippen LogP contribution in [0.25, 0.3) is 0 Å². The average Bonchev–Trinajstić information content (AvgIpc) is 3.18. The Morgan fingerprint density at radius 1 is 1.28 bits per heavy atom. The summed E-state index contributed by atoms with van der Waals surface area (Å²) >= 11 is 1.33. The van der Waals surface area contributed by atoms with E-state index in [0.29, 0.717) is 17.7 Å². The Kier molecular flexibility index (Phi) is 6.71. The molecule has 1 aromatic heterocycles. The van der Waals surface area contributed by atoms with Crippen molar-refractivity contribution in [1.29, 1.82) is 5.26 Å². The molecule has 0 unspecified atom stereocenters. The predicted molar refractivity (Wildman–Crippen MR) is 93.0 cm³/mol. The van der Waals surface area contributed by atoms with E-state index in [1.165, 1.54) is 16.2 Å². The molecule has 1 saturated carbocycles. The molecule has 0 saturated heterocycles. The van der Waals surface area contributed by atoms with E-state index in [0.717, 1.165) is 19.3 Å². The molecule has 1 aliphatic rings. The Balaban J connectivity index is 1.77. The van der Waals surface area contributed by atoms with E-state index in [4.69, 9.17) is 4.74 Å². The summed E-state index contributed by atoms with van der Waals surface area (Å²) in [5.74, 6) is -1.08. The summed E-state index contributed by atoms with van der Waals surface area (Å²) in [5, 5.41) is 11.3. The van der Waals surface area contributed by atoms with Crippen molar-refractivity contribution in [3.63, 3.8) is 0 Å². The van der Waals surface area contributed by atoms with Gasteiger partial charge >= 0.3 is 5.97 Å². The number of hydrogen-bond donors (Lipinski definition) is 0. The molecule has 1 aromatic rings. The molecule has 1 amide bonds. The second-order valence-electron chi connectivity index (χ2n) is 6.22. The first kappa shape index (κ1) is 19.1. The summed E-state index contributed by atoms with van der Waals surface area (Å²) in [6, 6.07) is 5.75. The van der Waals surface area contributed by atoms with Crippen molar-refractivity contribution < 1.29 is 19.1 Å². The fourth-order valence-electron chi connectivity index (χ4n) is 2.98. The number of Topliss-reactive ketones (excluding diaryl/α,β-unsaturated/α-hetero) is 1. The monoisotopic (exact) mass is 362 g/mol. The number of nitrogens with zero attached hydrogens (tertiary/aromatic N) is 2. The molecule has 2 rings (SSSR count). The zero-order chi connectivity index (χ0) is 18.3. The van der Waals surface area contributed by atoms with Gasteiger partial charge in [-0.1, -0.05) is 25.3 Å². The van der Waals surface area contributed by atoms with Crippen LogP contribution in [0.15, 0.2) is 17.5 Å². The van der Waals surface area contributed by atoms with Crippen molar-refractivity contribution in [2.45, 2.75) is 50.5 Å². The molecule has 0 radical (unpaired) electrons. The lowest BCUT2D eigenvalue weighted by Crippen LogP contribution is -2.51. The largest absolute Gasteiger partial charge is 0.456 e. The summed E-state index contributed by atoms with van der Waals surface area (Å²) < 4.78 is 4.98. The average molecular weight is 362 g/mol. The van der Waals surface area contributed by atoms with Crippen LogP contribution in [0.5, 0.6) is 0 Å². The Morgan fingerprint density at radius 3 is 2.60 bits per heavy atom. The van der Waals surface area contributed by atoms with Gasteiger partial charge in [0.05, 0.1) is 17.4 Å². The Hall–Kier alpha value is -2.20. The summed E-state index contributed by atoms with van der Waals surface area (Å²) in [6.07, 6.45) is 4.19. The molecule has 7 heteroatoms. The second-order valence-corrected chi connectivity index (χ2v) is 7.17. The number of hydrogen-bond acceptors (Lipinski definition) is 6. The lowest BCUT2D eigenvalue weighted by Gasteiger charge is -2.38. The van der Waals surface area contributed by atoms with E-state index in [-0.39, 0.29) is 24.5 Å². The normalized spacial score (nSPS) is 15.8. The van der Waals surface area contributed by atoms with Crippen molar-refractivity contribution in [1.82, 2.24) is 4.90 Å². The van der Waals surface area contributed by atoms with Gasteiger partial charge in [0.25, 0.3) is 5.91 Å². The molecule has 0 N–H and O–H groups in total. The van der Waals surface area contributed by atoms with Gasteiger partial charge in [-0.2, -0.15) is 5.26 Å². The third-order valence-electron chi connectivity index (χ3n) is 4.61. The van der Waals surface area contributed by atoms with Crippen LogP contribution in [0.1, 0.15) is 54.6 Å². The van der Waals surface area contributed by atoms with Crippen LogP contribution in [0.2, 0.25) is 0 Å². The Bertz CT molecular complexity index is 657. The number of carbonyl (C=O) groups is 3. The van der Waals surface area contributed by atoms with Crippen LogP contribution in [0.4, 0.5) is 0 Å². The minimum Gasteiger partial charge on any atom is -0.456 e. The maximum Gasteiger partial charge on any atom is 0.306 e. The first-order valence-electron chi connectivity index (χ1n) is 8.39. The number of rotatable bonds is 7. The summed E-state index contributed by atoms with van der Waals surface area (Å²) in [7, 11) is 1.59. The molecular weight excluding hydrogens is 340 g/mol. The molecule has 0 spiro atoms. The Morgan fingerprint density at radius 2 is 2.00 bits per heavy atom. The van der Waals surface area contributed by atoms with E-state index in [1.807, 2.05) is 0 Å². The highest BCUT2D eigenvalue weighted by molar-refractivity contribution is 7.12. The van der Waals surface area contributed by atoms with E-state index in [2.05, 4.69) is 6.07 Å². The van der Waals surface area contributed by atoms with Gasteiger partial charge in [-0.3, -0.25) is 14.4 Å². The minimum atomic E-state index is -0.795. The summed E-state index contributed by atoms with van der Waals surface area (Å²) in [4.78, 5) is 37.9. The van der Waals surface area contributed by atoms with Gasteiger partial charge in [-0.05, 0) is 24.3 Å². The lowest BCUT2D eigenvalue weighted by molar-refractivity contribution is -0.153. The number of likely N-dealkylation sites (N-methyl/N-ethyl adjacent to an activating group) is 1. The quantitative estimate of drug-likeness (QED) is 0.550. The maximum atomic E-state index is 12.3. The highest BCUT2D eigenvalue weighted by atomic mass is 32.1. The molecule has 6 nitrogen and oxygen atoms in total. The number of ketones is 1. The third-order valence-corrected chi connectivity index (χ3v) is 5.52. The van der Waals surface area contributed by atoms with Crippen LogP contribution in [0.3, 0.4) is 0 Å². The molecular formula is C18H22N2O4S. The molecule has 1 heterocycles. The molecule has 0 aliphatic heterocycles. The topological polar surface area (TPSA) is 87.5 Å². The summed E-state index contributed by atoms with van der Waals surface area (Å²) in [5.41, 5.74) is -0.795. The minimum absolute atomic E-state index is 0.0584. The van der Waals surface area contributed by atoms with Gasteiger partial charge in [-0.25, -0.2) is 0 Å². The predicted octanol–water partition coefficient (Wildman–Crippen LogP) is 2.94. The van der Waals surface area contributed by atoms with Gasteiger partial charge < -0.3 is 9.64 Å². The highest BCUT2D eigenvalue weighted by Gasteiger charge is 2.38. The van der Waals surface area contributed by atoms with Gasteiger partial charge in [0.2, 0.25) is 0 Å². The van der Waals surface area contributed by atoms with Gasteiger partial charge in [0, 0.05) is 13.5 Å².